The number of nitriles is 1. The second-order valence-electron chi connectivity index (χ2n) is 8.06. The van der Waals surface area contributed by atoms with Crippen molar-refractivity contribution < 1.29 is 9.47 Å². The summed E-state index contributed by atoms with van der Waals surface area (Å²) in [6.45, 7) is 13.0. The number of aromatic nitrogens is 1. The van der Waals surface area contributed by atoms with Gasteiger partial charge in [-0.3, -0.25) is 0 Å². The van der Waals surface area contributed by atoms with E-state index < -0.39 is 0 Å². The molecule has 3 heterocycles. The van der Waals surface area contributed by atoms with Crippen LogP contribution in [-0.2, 0) is 9.47 Å². The second kappa shape index (κ2) is 13.7. The molecule has 184 valence electrons. The number of ether oxygens (including phenoxy) is 2. The van der Waals surface area contributed by atoms with Crippen LogP contribution >= 0.6 is 0 Å². The maximum absolute atomic E-state index is 9.95. The maximum atomic E-state index is 9.95. The molecular formula is C29H41N3O2. The standard InChI is InChI=1S/C25H29N3O2.2C2H6/c1-3-7-20(22-8-6-15-29-22)23-17(2)30-25(27)21(16-26)24(23)18-9-11-19(12-10-18)28-13-4-5-14-28;2*1-2/h4-5,9-14,20,22,24H,3,6-8,15,27H2,1-2H3;2*1-2H3. The molecule has 0 bridgehead atoms. The van der Waals surface area contributed by atoms with Gasteiger partial charge in [-0.05, 0) is 61.6 Å². The first kappa shape index (κ1) is 27.3. The number of hydrogen-bond donors (Lipinski definition) is 1. The molecule has 3 unspecified atom stereocenters. The van der Waals surface area contributed by atoms with Crippen molar-refractivity contribution in [1.29, 1.82) is 5.26 Å². The number of rotatable bonds is 6. The van der Waals surface area contributed by atoms with Crippen molar-refractivity contribution in [3.05, 3.63) is 77.1 Å². The fraction of sp³-hybridized carbons (Fsp3) is 0.483. The molecule has 2 aromatic rings. The topological polar surface area (TPSA) is 73.2 Å². The zero-order valence-corrected chi connectivity index (χ0v) is 21.7. The summed E-state index contributed by atoms with van der Waals surface area (Å²) in [5.74, 6) is 1.02. The smallest absolute Gasteiger partial charge is 0.205 e. The summed E-state index contributed by atoms with van der Waals surface area (Å²) in [4.78, 5) is 0. The van der Waals surface area contributed by atoms with Gasteiger partial charge in [0.25, 0.3) is 0 Å². The van der Waals surface area contributed by atoms with Crippen molar-refractivity contribution >= 4 is 0 Å². The fourth-order valence-electron chi connectivity index (χ4n) is 4.84. The Bertz CT molecular complexity index is 975. The van der Waals surface area contributed by atoms with E-state index in [1.54, 1.807) is 0 Å². The summed E-state index contributed by atoms with van der Waals surface area (Å²) < 4.78 is 14.0. The first-order valence-electron chi connectivity index (χ1n) is 12.8. The Morgan fingerprint density at radius 1 is 1.12 bits per heavy atom. The highest BCUT2D eigenvalue weighted by Gasteiger charge is 2.39. The number of nitrogens with zero attached hydrogens (tertiary/aromatic N) is 2. The Hall–Kier alpha value is -2.97. The maximum Gasteiger partial charge on any atom is 0.205 e. The Labute approximate surface area is 205 Å². The summed E-state index contributed by atoms with van der Waals surface area (Å²) in [5.41, 5.74) is 9.94. The van der Waals surface area contributed by atoms with Crippen LogP contribution < -0.4 is 5.73 Å². The first-order valence-corrected chi connectivity index (χ1v) is 12.8. The van der Waals surface area contributed by atoms with E-state index in [0.29, 0.717) is 5.57 Å². The van der Waals surface area contributed by atoms with Crippen LogP contribution in [0.2, 0.25) is 0 Å². The predicted molar refractivity (Wildman–Crippen MR) is 139 cm³/mol. The number of allylic oxidation sites excluding steroid dienone is 2. The third-order valence-electron chi connectivity index (χ3n) is 6.20. The Morgan fingerprint density at radius 3 is 2.29 bits per heavy atom. The lowest BCUT2D eigenvalue weighted by molar-refractivity contribution is 0.0673. The molecule has 0 amide bonds. The molecule has 34 heavy (non-hydrogen) atoms. The van der Waals surface area contributed by atoms with Gasteiger partial charge in [0.15, 0.2) is 0 Å². The van der Waals surface area contributed by atoms with Crippen LogP contribution in [0.3, 0.4) is 0 Å². The quantitative estimate of drug-likeness (QED) is 0.491. The van der Waals surface area contributed by atoms with Gasteiger partial charge >= 0.3 is 0 Å². The van der Waals surface area contributed by atoms with Crippen molar-refractivity contribution in [3.8, 4) is 11.8 Å². The van der Waals surface area contributed by atoms with Crippen LogP contribution in [0, 0.1) is 17.2 Å². The molecule has 0 saturated carbocycles. The summed E-state index contributed by atoms with van der Waals surface area (Å²) in [6.07, 6.45) is 8.37. The van der Waals surface area contributed by atoms with E-state index in [2.05, 4.69) is 41.8 Å². The molecular weight excluding hydrogens is 422 g/mol. The number of benzene rings is 1. The van der Waals surface area contributed by atoms with Gasteiger partial charge in [0.1, 0.15) is 17.4 Å². The zero-order chi connectivity index (χ0) is 25.1. The molecule has 5 heteroatoms. The molecule has 2 aliphatic rings. The highest BCUT2D eigenvalue weighted by atomic mass is 16.5. The summed E-state index contributed by atoms with van der Waals surface area (Å²) >= 11 is 0. The molecule has 1 fully saturated rings. The molecule has 1 saturated heterocycles. The van der Waals surface area contributed by atoms with Crippen molar-refractivity contribution in [2.24, 2.45) is 11.7 Å². The van der Waals surface area contributed by atoms with Gasteiger partial charge in [-0.1, -0.05) is 53.2 Å². The zero-order valence-electron chi connectivity index (χ0n) is 21.7. The van der Waals surface area contributed by atoms with E-state index in [4.69, 9.17) is 15.2 Å². The fourth-order valence-corrected chi connectivity index (χ4v) is 4.84. The van der Waals surface area contributed by atoms with Crippen molar-refractivity contribution in [2.75, 3.05) is 6.61 Å². The lowest BCUT2D eigenvalue weighted by Gasteiger charge is -2.35. The van der Waals surface area contributed by atoms with Gasteiger partial charge < -0.3 is 19.8 Å². The monoisotopic (exact) mass is 463 g/mol. The summed E-state index contributed by atoms with van der Waals surface area (Å²) in [7, 11) is 0. The molecule has 1 aromatic heterocycles. The van der Waals surface area contributed by atoms with E-state index in [1.165, 1.54) is 0 Å². The lowest BCUT2D eigenvalue weighted by atomic mass is 9.73. The molecule has 0 radical (unpaired) electrons. The van der Waals surface area contributed by atoms with Gasteiger partial charge in [0, 0.05) is 36.5 Å². The van der Waals surface area contributed by atoms with Crippen LogP contribution in [0.4, 0.5) is 0 Å². The third-order valence-corrected chi connectivity index (χ3v) is 6.20. The number of nitrogens with two attached hydrogens (primary N) is 1. The lowest BCUT2D eigenvalue weighted by Crippen LogP contribution is -2.30. The largest absolute Gasteiger partial charge is 0.445 e. The molecule has 5 nitrogen and oxygen atoms in total. The van der Waals surface area contributed by atoms with Gasteiger partial charge in [0.05, 0.1) is 6.10 Å². The molecule has 2 N–H and O–H groups in total. The van der Waals surface area contributed by atoms with Crippen LogP contribution in [0.1, 0.15) is 78.7 Å². The first-order chi connectivity index (χ1) is 16.6. The Morgan fingerprint density at radius 2 is 1.76 bits per heavy atom. The van der Waals surface area contributed by atoms with E-state index in [-0.39, 0.29) is 23.8 Å². The van der Waals surface area contributed by atoms with Gasteiger partial charge in [0.2, 0.25) is 5.88 Å². The van der Waals surface area contributed by atoms with Crippen LogP contribution in [-0.4, -0.2) is 17.3 Å². The minimum absolute atomic E-state index is 0.166. The minimum atomic E-state index is -0.205. The van der Waals surface area contributed by atoms with Crippen molar-refractivity contribution in [3.63, 3.8) is 0 Å². The molecule has 0 spiro atoms. The summed E-state index contributed by atoms with van der Waals surface area (Å²) in [6, 6.07) is 14.7. The molecule has 0 aliphatic carbocycles. The molecule has 1 aromatic carbocycles. The average Bonchev–Trinajstić information content (AvgIpc) is 3.60. The molecule has 4 rings (SSSR count). The predicted octanol–water partition coefficient (Wildman–Crippen LogP) is 7.21. The van der Waals surface area contributed by atoms with Gasteiger partial charge in [-0.2, -0.15) is 5.26 Å². The molecule has 3 atom stereocenters. The average molecular weight is 464 g/mol. The Kier molecular flexibility index (Phi) is 11.0. The van der Waals surface area contributed by atoms with E-state index in [1.807, 2.05) is 59.1 Å². The SMILES string of the molecule is CC.CC.CCCC(C1=C(C)OC(N)=C(C#N)C1c1ccc(-n2cccc2)cc1)C1CCCO1. The van der Waals surface area contributed by atoms with E-state index >= 15 is 0 Å². The van der Waals surface area contributed by atoms with Crippen molar-refractivity contribution in [2.45, 2.75) is 79.2 Å². The highest BCUT2D eigenvalue weighted by Crippen LogP contribution is 2.46. The third kappa shape index (κ3) is 5.93. The summed E-state index contributed by atoms with van der Waals surface area (Å²) in [5, 5.41) is 9.95. The highest BCUT2D eigenvalue weighted by molar-refractivity contribution is 5.51. The van der Waals surface area contributed by atoms with Gasteiger partial charge in [-0.25, -0.2) is 0 Å². The van der Waals surface area contributed by atoms with Crippen LogP contribution in [0.5, 0.6) is 0 Å². The Balaban J connectivity index is 0.000000970. The van der Waals surface area contributed by atoms with Gasteiger partial charge in [-0.15, -0.1) is 0 Å². The van der Waals surface area contributed by atoms with Crippen LogP contribution in [0.15, 0.2) is 71.6 Å². The van der Waals surface area contributed by atoms with E-state index in [9.17, 15) is 5.26 Å². The van der Waals surface area contributed by atoms with E-state index in [0.717, 1.165) is 54.9 Å². The van der Waals surface area contributed by atoms with Crippen molar-refractivity contribution in [1.82, 2.24) is 4.57 Å². The second-order valence-corrected chi connectivity index (χ2v) is 8.06. The number of hydrogen-bond acceptors (Lipinski definition) is 4. The van der Waals surface area contributed by atoms with Crippen LogP contribution in [0.25, 0.3) is 5.69 Å². The molecule has 2 aliphatic heterocycles. The normalized spacial score (nSPS) is 20.4. The minimum Gasteiger partial charge on any atom is -0.445 e.